The molecule has 0 atom stereocenters. The molecule has 1 aromatic carbocycles. The molecule has 0 saturated heterocycles. The van der Waals surface area contributed by atoms with E-state index in [-0.39, 0.29) is 5.75 Å². The molecule has 1 N–H and O–H groups in total. The summed E-state index contributed by atoms with van der Waals surface area (Å²) in [5.74, 6) is -0.0874. The molecule has 2 rings (SSSR count). The predicted octanol–water partition coefficient (Wildman–Crippen LogP) is 2.06. The minimum Gasteiger partial charge on any atom is -0.497 e. The second kappa shape index (κ2) is 5.59. The van der Waals surface area contributed by atoms with Crippen molar-refractivity contribution >= 4 is 17.7 Å². The molecule has 0 aliphatic rings. The predicted molar refractivity (Wildman–Crippen MR) is 68.5 cm³/mol. The van der Waals surface area contributed by atoms with Crippen LogP contribution in [0.1, 0.15) is 0 Å². The third-order valence-electron chi connectivity index (χ3n) is 2.28. The van der Waals surface area contributed by atoms with Crippen LogP contribution in [0.5, 0.6) is 5.75 Å². The number of imidazole rings is 1. The molecule has 6 heteroatoms. The maximum atomic E-state index is 10.6. The lowest BCUT2D eigenvalue weighted by atomic mass is 10.3. The summed E-state index contributed by atoms with van der Waals surface area (Å²) in [5, 5.41) is 9.32. The van der Waals surface area contributed by atoms with E-state index in [0.29, 0.717) is 5.16 Å². The number of methoxy groups -OCH3 is 1. The molecule has 0 spiro atoms. The summed E-state index contributed by atoms with van der Waals surface area (Å²) < 4.78 is 6.93. The van der Waals surface area contributed by atoms with Crippen molar-refractivity contribution in [3.63, 3.8) is 0 Å². The highest BCUT2D eigenvalue weighted by Gasteiger charge is 2.08. The standard InChI is InChI=1S/C12H12N2O3S/c1-17-10-4-2-9(3-5-10)14-7-6-13-12(14)18-8-11(15)16/h2-7H,8H2,1H3,(H,15,16). The van der Waals surface area contributed by atoms with Crippen LogP contribution in [0.3, 0.4) is 0 Å². The van der Waals surface area contributed by atoms with Gasteiger partial charge in [-0.15, -0.1) is 0 Å². The molecule has 0 fully saturated rings. The third-order valence-corrected chi connectivity index (χ3v) is 3.23. The Kier molecular flexibility index (Phi) is 3.88. The first-order chi connectivity index (χ1) is 8.70. The molecular formula is C12H12N2O3S. The minimum absolute atomic E-state index is 0.00678. The van der Waals surface area contributed by atoms with Gasteiger partial charge in [-0.05, 0) is 24.3 Å². The van der Waals surface area contributed by atoms with Crippen molar-refractivity contribution in [1.29, 1.82) is 0 Å². The lowest BCUT2D eigenvalue weighted by Gasteiger charge is -2.07. The van der Waals surface area contributed by atoms with Crippen molar-refractivity contribution in [2.75, 3.05) is 12.9 Å². The number of ether oxygens (including phenoxy) is 1. The summed E-state index contributed by atoms with van der Waals surface area (Å²) in [7, 11) is 1.61. The zero-order valence-corrected chi connectivity index (χ0v) is 10.6. The van der Waals surface area contributed by atoms with E-state index in [2.05, 4.69) is 4.98 Å². The van der Waals surface area contributed by atoms with E-state index in [1.807, 2.05) is 28.8 Å². The summed E-state index contributed by atoms with van der Waals surface area (Å²) in [4.78, 5) is 14.7. The molecule has 0 aliphatic heterocycles. The van der Waals surface area contributed by atoms with Gasteiger partial charge in [-0.3, -0.25) is 9.36 Å². The Morgan fingerprint density at radius 3 is 2.78 bits per heavy atom. The molecule has 0 radical (unpaired) electrons. The molecule has 18 heavy (non-hydrogen) atoms. The van der Waals surface area contributed by atoms with Gasteiger partial charge in [0, 0.05) is 18.1 Å². The maximum Gasteiger partial charge on any atom is 0.313 e. The van der Waals surface area contributed by atoms with Crippen LogP contribution in [-0.4, -0.2) is 33.5 Å². The highest BCUT2D eigenvalue weighted by molar-refractivity contribution is 7.99. The fraction of sp³-hybridized carbons (Fsp3) is 0.167. The molecule has 0 unspecified atom stereocenters. The number of aromatic nitrogens is 2. The topological polar surface area (TPSA) is 64.4 Å². The van der Waals surface area contributed by atoms with Gasteiger partial charge in [-0.1, -0.05) is 11.8 Å². The van der Waals surface area contributed by atoms with Crippen LogP contribution >= 0.6 is 11.8 Å². The van der Waals surface area contributed by atoms with Crippen LogP contribution in [0.25, 0.3) is 5.69 Å². The number of hydrogen-bond acceptors (Lipinski definition) is 4. The van der Waals surface area contributed by atoms with Crippen LogP contribution in [0.15, 0.2) is 41.8 Å². The number of benzene rings is 1. The fourth-order valence-electron chi connectivity index (χ4n) is 1.46. The van der Waals surface area contributed by atoms with Crippen molar-refractivity contribution in [2.45, 2.75) is 5.16 Å². The zero-order valence-electron chi connectivity index (χ0n) is 9.74. The molecule has 1 heterocycles. The van der Waals surface area contributed by atoms with Gasteiger partial charge in [0.15, 0.2) is 5.16 Å². The van der Waals surface area contributed by atoms with E-state index in [1.54, 1.807) is 19.5 Å². The van der Waals surface area contributed by atoms with E-state index >= 15 is 0 Å². The van der Waals surface area contributed by atoms with Crippen LogP contribution in [0.2, 0.25) is 0 Å². The van der Waals surface area contributed by atoms with Crippen molar-refractivity contribution in [2.24, 2.45) is 0 Å². The zero-order chi connectivity index (χ0) is 13.0. The summed E-state index contributed by atoms with van der Waals surface area (Å²) in [6.45, 7) is 0. The Bertz CT molecular complexity index is 537. The number of rotatable bonds is 5. The van der Waals surface area contributed by atoms with Gasteiger partial charge in [0.25, 0.3) is 0 Å². The fourth-order valence-corrected chi connectivity index (χ4v) is 2.16. The maximum absolute atomic E-state index is 10.6. The second-order valence-corrected chi connectivity index (χ2v) is 4.40. The molecule has 0 aliphatic carbocycles. The molecule has 0 amide bonds. The van der Waals surface area contributed by atoms with E-state index in [4.69, 9.17) is 9.84 Å². The van der Waals surface area contributed by atoms with E-state index in [0.717, 1.165) is 11.4 Å². The first-order valence-electron chi connectivity index (χ1n) is 5.23. The number of nitrogens with zero attached hydrogens (tertiary/aromatic N) is 2. The van der Waals surface area contributed by atoms with Gasteiger partial charge >= 0.3 is 5.97 Å². The second-order valence-electron chi connectivity index (χ2n) is 3.46. The summed E-state index contributed by atoms with van der Waals surface area (Å²) in [5.41, 5.74) is 0.918. The van der Waals surface area contributed by atoms with Crippen molar-refractivity contribution in [3.05, 3.63) is 36.7 Å². The minimum atomic E-state index is -0.857. The van der Waals surface area contributed by atoms with Gasteiger partial charge in [-0.25, -0.2) is 4.98 Å². The third kappa shape index (κ3) is 2.84. The Balaban J connectivity index is 2.21. The summed E-state index contributed by atoms with van der Waals surface area (Å²) in [6.07, 6.45) is 3.44. The number of carbonyl (C=O) groups is 1. The lowest BCUT2D eigenvalue weighted by Crippen LogP contribution is -2.01. The monoisotopic (exact) mass is 264 g/mol. The average Bonchev–Trinajstić information content (AvgIpc) is 2.85. The van der Waals surface area contributed by atoms with Crippen molar-refractivity contribution < 1.29 is 14.6 Å². The van der Waals surface area contributed by atoms with E-state index in [1.165, 1.54) is 11.8 Å². The first kappa shape index (κ1) is 12.5. The number of thioether (sulfide) groups is 1. The summed E-state index contributed by atoms with van der Waals surface area (Å²) >= 11 is 1.19. The molecule has 5 nitrogen and oxygen atoms in total. The van der Waals surface area contributed by atoms with Gasteiger partial charge in [0.05, 0.1) is 12.9 Å². The number of aliphatic carboxylic acids is 1. The van der Waals surface area contributed by atoms with Gasteiger partial charge in [0.2, 0.25) is 0 Å². The van der Waals surface area contributed by atoms with Crippen molar-refractivity contribution in [3.8, 4) is 11.4 Å². The quantitative estimate of drug-likeness (QED) is 0.837. The molecular weight excluding hydrogens is 252 g/mol. The Labute approximate surface area is 108 Å². The Hall–Kier alpha value is -1.95. The van der Waals surface area contributed by atoms with Crippen LogP contribution in [-0.2, 0) is 4.79 Å². The highest BCUT2D eigenvalue weighted by atomic mass is 32.2. The molecule has 0 bridgehead atoms. The largest absolute Gasteiger partial charge is 0.497 e. The Morgan fingerprint density at radius 2 is 2.17 bits per heavy atom. The molecule has 94 valence electrons. The van der Waals surface area contributed by atoms with Gasteiger partial charge in [-0.2, -0.15) is 0 Å². The number of hydrogen-bond donors (Lipinski definition) is 1. The van der Waals surface area contributed by atoms with Crippen LogP contribution < -0.4 is 4.74 Å². The normalized spacial score (nSPS) is 10.3. The number of carboxylic acid groups (broad SMARTS) is 1. The van der Waals surface area contributed by atoms with Crippen molar-refractivity contribution in [1.82, 2.24) is 9.55 Å². The van der Waals surface area contributed by atoms with Gasteiger partial charge < -0.3 is 9.84 Å². The Morgan fingerprint density at radius 1 is 1.44 bits per heavy atom. The van der Waals surface area contributed by atoms with Crippen LogP contribution in [0.4, 0.5) is 0 Å². The molecule has 2 aromatic rings. The first-order valence-corrected chi connectivity index (χ1v) is 6.21. The SMILES string of the molecule is COc1ccc(-n2ccnc2SCC(=O)O)cc1. The summed E-state index contributed by atoms with van der Waals surface area (Å²) in [6, 6.07) is 7.48. The van der Waals surface area contributed by atoms with E-state index < -0.39 is 5.97 Å². The highest BCUT2D eigenvalue weighted by Crippen LogP contribution is 2.21. The molecule has 0 saturated carbocycles. The average molecular weight is 264 g/mol. The van der Waals surface area contributed by atoms with E-state index in [9.17, 15) is 4.79 Å². The molecule has 1 aromatic heterocycles. The van der Waals surface area contributed by atoms with Crippen LogP contribution in [0, 0.1) is 0 Å². The van der Waals surface area contributed by atoms with Gasteiger partial charge in [0.1, 0.15) is 5.75 Å². The number of carboxylic acids is 1. The lowest BCUT2D eigenvalue weighted by molar-refractivity contribution is -0.133. The smallest absolute Gasteiger partial charge is 0.313 e.